The Bertz CT molecular complexity index is 733. The molecule has 3 fully saturated rings. The van der Waals surface area contributed by atoms with Gasteiger partial charge in [0.15, 0.2) is 12.6 Å². The topological polar surface area (TPSA) is 86.6 Å². The molecular weight excluding hydrogens is 352 g/mol. The summed E-state index contributed by atoms with van der Waals surface area (Å²) in [7, 11) is 0. The Morgan fingerprint density at radius 2 is 1.07 bits per heavy atom. The molecular formula is C20H20O7. The first-order valence-corrected chi connectivity index (χ1v) is 8.86. The molecule has 0 saturated carbocycles. The number of benzene rings is 2. The Hall–Kier alpha value is -1.84. The van der Waals surface area contributed by atoms with Crippen LogP contribution in [0, 0.1) is 0 Å². The summed E-state index contributed by atoms with van der Waals surface area (Å²) in [6.07, 6.45) is -3.25. The number of aliphatic hydroxyl groups is 2. The minimum atomic E-state index is -1.82. The average molecular weight is 372 g/mol. The van der Waals surface area contributed by atoms with Gasteiger partial charge in [0.1, 0.15) is 25.4 Å². The van der Waals surface area contributed by atoms with Gasteiger partial charge in [-0.1, -0.05) is 60.7 Å². The highest BCUT2D eigenvalue weighted by Crippen LogP contribution is 2.48. The van der Waals surface area contributed by atoms with E-state index in [0.717, 1.165) is 11.1 Å². The largest absolute Gasteiger partial charge is 0.361 e. The number of hydrogen-bond donors (Lipinski definition) is 2. The molecule has 2 aromatic rings. The first kappa shape index (κ1) is 17.3. The van der Waals surface area contributed by atoms with E-state index in [1.54, 1.807) is 0 Å². The van der Waals surface area contributed by atoms with E-state index in [4.69, 9.17) is 23.7 Å². The van der Waals surface area contributed by atoms with Gasteiger partial charge in [0.05, 0.1) is 0 Å². The predicted octanol–water partition coefficient (Wildman–Crippen LogP) is 1.62. The van der Waals surface area contributed by atoms with Gasteiger partial charge in [-0.15, -0.1) is 0 Å². The van der Waals surface area contributed by atoms with Crippen LogP contribution in [-0.2, 0) is 23.7 Å². The molecule has 2 N–H and O–H groups in total. The lowest BCUT2D eigenvalue weighted by Gasteiger charge is -2.40. The molecule has 0 spiro atoms. The standard InChI is InChI=1S/C20H20O7/c21-19-11-23-17(13-7-3-1-4-8-13)25-15(19)16-20(22,27-19)12-24-18(26-16)14-9-5-2-6-10-14/h1-10,15-18,21-22H,11-12H2/t15-,16-,17-,18+,19-,20-/m0/s1. The molecule has 5 rings (SSSR count). The zero-order valence-corrected chi connectivity index (χ0v) is 14.4. The van der Waals surface area contributed by atoms with Crippen molar-refractivity contribution in [2.45, 2.75) is 36.4 Å². The van der Waals surface area contributed by atoms with Crippen LogP contribution < -0.4 is 0 Å². The molecule has 0 radical (unpaired) electrons. The predicted molar refractivity (Wildman–Crippen MR) is 91.0 cm³/mol. The van der Waals surface area contributed by atoms with Crippen LogP contribution in [0.25, 0.3) is 0 Å². The number of rotatable bonds is 2. The second-order valence-electron chi connectivity index (χ2n) is 7.01. The lowest BCUT2D eigenvalue weighted by atomic mass is 10.0. The van der Waals surface area contributed by atoms with E-state index < -0.39 is 36.4 Å². The van der Waals surface area contributed by atoms with Gasteiger partial charge < -0.3 is 33.9 Å². The van der Waals surface area contributed by atoms with Crippen LogP contribution in [0.15, 0.2) is 60.7 Å². The highest BCUT2D eigenvalue weighted by Gasteiger charge is 2.68. The van der Waals surface area contributed by atoms with E-state index in [0.29, 0.717) is 0 Å². The summed E-state index contributed by atoms with van der Waals surface area (Å²) in [5.41, 5.74) is 1.61. The van der Waals surface area contributed by atoms with Gasteiger partial charge in [0.25, 0.3) is 0 Å². The van der Waals surface area contributed by atoms with Crippen LogP contribution in [0.3, 0.4) is 0 Å². The fourth-order valence-electron chi connectivity index (χ4n) is 3.78. The highest BCUT2D eigenvalue weighted by molar-refractivity contribution is 5.19. The molecule has 0 unspecified atom stereocenters. The van der Waals surface area contributed by atoms with Crippen LogP contribution in [0.2, 0.25) is 0 Å². The molecule has 0 amide bonds. The normalized spacial score (nSPS) is 41.0. The van der Waals surface area contributed by atoms with Crippen molar-refractivity contribution >= 4 is 0 Å². The third-order valence-electron chi connectivity index (χ3n) is 5.08. The van der Waals surface area contributed by atoms with Gasteiger partial charge in [-0.2, -0.15) is 0 Å². The molecule has 0 aliphatic carbocycles. The number of fused-ring (bicyclic) bond motifs is 3. The Morgan fingerprint density at radius 1 is 0.667 bits per heavy atom. The van der Waals surface area contributed by atoms with Crippen molar-refractivity contribution in [3.63, 3.8) is 0 Å². The van der Waals surface area contributed by atoms with Crippen molar-refractivity contribution in [1.29, 1.82) is 0 Å². The van der Waals surface area contributed by atoms with E-state index in [2.05, 4.69) is 0 Å². The van der Waals surface area contributed by atoms with Crippen molar-refractivity contribution in [1.82, 2.24) is 0 Å². The molecule has 6 atom stereocenters. The molecule has 3 saturated heterocycles. The Morgan fingerprint density at radius 3 is 1.48 bits per heavy atom. The van der Waals surface area contributed by atoms with E-state index >= 15 is 0 Å². The van der Waals surface area contributed by atoms with Gasteiger partial charge in [-0.25, -0.2) is 0 Å². The molecule has 0 aromatic heterocycles. The Labute approximate surface area is 156 Å². The second-order valence-corrected chi connectivity index (χ2v) is 7.01. The zero-order chi connectivity index (χ0) is 18.5. The second kappa shape index (κ2) is 6.35. The van der Waals surface area contributed by atoms with Crippen LogP contribution in [0.5, 0.6) is 0 Å². The van der Waals surface area contributed by atoms with Crippen molar-refractivity contribution < 1.29 is 33.9 Å². The third kappa shape index (κ3) is 2.88. The van der Waals surface area contributed by atoms with Gasteiger partial charge in [0.2, 0.25) is 11.6 Å². The Balaban J connectivity index is 1.42. The van der Waals surface area contributed by atoms with E-state index in [1.807, 2.05) is 60.7 Å². The maximum absolute atomic E-state index is 10.9. The molecule has 7 heteroatoms. The lowest BCUT2D eigenvalue weighted by Crippen LogP contribution is -2.55. The van der Waals surface area contributed by atoms with Crippen molar-refractivity contribution in [2.24, 2.45) is 0 Å². The summed E-state index contributed by atoms with van der Waals surface area (Å²) in [5, 5.41) is 21.7. The van der Waals surface area contributed by atoms with Gasteiger partial charge in [-0.3, -0.25) is 0 Å². The summed E-state index contributed by atoms with van der Waals surface area (Å²) >= 11 is 0. The molecule has 3 aliphatic heterocycles. The summed E-state index contributed by atoms with van der Waals surface area (Å²) in [6, 6.07) is 18.8. The highest BCUT2D eigenvalue weighted by atomic mass is 16.8. The monoisotopic (exact) mass is 372 g/mol. The van der Waals surface area contributed by atoms with Crippen LogP contribution in [0.4, 0.5) is 0 Å². The van der Waals surface area contributed by atoms with E-state index in [1.165, 1.54) is 0 Å². The molecule has 27 heavy (non-hydrogen) atoms. The van der Waals surface area contributed by atoms with Gasteiger partial charge in [0, 0.05) is 11.1 Å². The maximum atomic E-state index is 10.9. The quantitative estimate of drug-likeness (QED) is 0.828. The minimum Gasteiger partial charge on any atom is -0.361 e. The van der Waals surface area contributed by atoms with E-state index in [-0.39, 0.29) is 13.2 Å². The molecule has 7 nitrogen and oxygen atoms in total. The number of ether oxygens (including phenoxy) is 5. The van der Waals surface area contributed by atoms with Crippen LogP contribution in [-0.4, -0.2) is 47.2 Å². The zero-order valence-electron chi connectivity index (χ0n) is 14.4. The summed E-state index contributed by atoms with van der Waals surface area (Å²) in [4.78, 5) is 0. The molecule has 142 valence electrons. The third-order valence-corrected chi connectivity index (χ3v) is 5.08. The fraction of sp³-hybridized carbons (Fsp3) is 0.400. The van der Waals surface area contributed by atoms with Crippen molar-refractivity contribution in [3.05, 3.63) is 71.8 Å². The van der Waals surface area contributed by atoms with Crippen LogP contribution >= 0.6 is 0 Å². The average Bonchev–Trinajstić information content (AvgIpc) is 2.94. The van der Waals surface area contributed by atoms with Gasteiger partial charge >= 0.3 is 0 Å². The smallest absolute Gasteiger partial charge is 0.222 e. The van der Waals surface area contributed by atoms with E-state index in [9.17, 15) is 10.2 Å². The SMILES string of the molecule is O[C@]12CO[C@@H](c3ccccc3)O[C@H]1[C@@H]1O[C@@H](c3ccccc3)OC[C@]1(O)O2. The minimum absolute atomic E-state index is 0.157. The lowest BCUT2D eigenvalue weighted by molar-refractivity contribution is -0.383. The summed E-state index contributed by atoms with van der Waals surface area (Å²) in [5.74, 6) is -3.64. The van der Waals surface area contributed by atoms with Gasteiger partial charge in [-0.05, 0) is 0 Å². The summed E-state index contributed by atoms with van der Waals surface area (Å²) in [6.45, 7) is -0.315. The number of hydrogen-bond acceptors (Lipinski definition) is 7. The first-order valence-electron chi connectivity index (χ1n) is 8.86. The molecule has 0 bridgehead atoms. The molecule has 3 heterocycles. The van der Waals surface area contributed by atoms with Crippen molar-refractivity contribution in [3.8, 4) is 0 Å². The molecule has 3 aliphatic rings. The molecule has 2 aromatic carbocycles. The summed E-state index contributed by atoms with van der Waals surface area (Å²) < 4.78 is 28.8. The maximum Gasteiger partial charge on any atom is 0.222 e. The fourth-order valence-corrected chi connectivity index (χ4v) is 3.78. The Kier molecular flexibility index (Phi) is 4.06. The van der Waals surface area contributed by atoms with Crippen LogP contribution in [0.1, 0.15) is 23.7 Å². The first-order chi connectivity index (χ1) is 13.1. The van der Waals surface area contributed by atoms with Crippen molar-refractivity contribution in [2.75, 3.05) is 13.2 Å².